The van der Waals surface area contributed by atoms with Crippen molar-refractivity contribution in [3.63, 3.8) is 0 Å². The van der Waals surface area contributed by atoms with Gasteiger partial charge in [0.15, 0.2) is 0 Å². The zero-order chi connectivity index (χ0) is 12.2. The molecule has 0 saturated carbocycles. The molecular weight excluding hydrogens is 204 g/mol. The Morgan fingerprint density at radius 1 is 1.31 bits per heavy atom. The van der Waals surface area contributed by atoms with Gasteiger partial charge in [0, 0.05) is 31.2 Å². The highest BCUT2D eigenvalue weighted by atomic mass is 16.3. The van der Waals surface area contributed by atoms with Crippen LogP contribution < -0.4 is 10.6 Å². The van der Waals surface area contributed by atoms with Gasteiger partial charge in [0.2, 0.25) is 0 Å². The molecule has 5 heteroatoms. The Balaban J connectivity index is 2.75. The first-order valence-electron chi connectivity index (χ1n) is 5.34. The summed E-state index contributed by atoms with van der Waals surface area (Å²) in [5, 5.41) is 15.4. The summed E-state index contributed by atoms with van der Waals surface area (Å²) in [6.45, 7) is 6.76. The van der Waals surface area contributed by atoms with Crippen molar-refractivity contribution < 1.29 is 5.11 Å². The molecule has 0 radical (unpaired) electrons. The van der Waals surface area contributed by atoms with Gasteiger partial charge in [-0.1, -0.05) is 13.8 Å². The van der Waals surface area contributed by atoms with Gasteiger partial charge in [-0.2, -0.15) is 0 Å². The van der Waals surface area contributed by atoms with E-state index in [0.29, 0.717) is 6.54 Å². The Kier molecular flexibility index (Phi) is 4.06. The Bertz CT molecular complexity index is 352. The Labute approximate surface area is 96.3 Å². The van der Waals surface area contributed by atoms with Gasteiger partial charge >= 0.3 is 0 Å². The Morgan fingerprint density at radius 3 is 2.50 bits per heavy atom. The van der Waals surface area contributed by atoms with Gasteiger partial charge in [-0.3, -0.25) is 0 Å². The molecule has 0 saturated heterocycles. The van der Waals surface area contributed by atoms with E-state index < -0.39 is 0 Å². The number of anilines is 2. The van der Waals surface area contributed by atoms with Crippen LogP contribution in [-0.4, -0.2) is 35.3 Å². The summed E-state index contributed by atoms with van der Waals surface area (Å²) in [6.07, 6.45) is 1.52. The van der Waals surface area contributed by atoms with Crippen LogP contribution in [0.5, 0.6) is 0 Å². The van der Waals surface area contributed by atoms with E-state index in [1.165, 1.54) is 6.33 Å². The molecule has 0 bridgehead atoms. The number of hydrogen-bond acceptors (Lipinski definition) is 5. The second-order valence-electron chi connectivity index (χ2n) is 4.62. The fourth-order valence-electron chi connectivity index (χ4n) is 1.26. The van der Waals surface area contributed by atoms with Crippen LogP contribution in [0.15, 0.2) is 6.33 Å². The largest absolute Gasteiger partial charge is 0.396 e. The first-order valence-corrected chi connectivity index (χ1v) is 5.34. The molecule has 1 rings (SSSR count). The molecule has 0 aliphatic rings. The predicted octanol–water partition coefficient (Wildman–Crippen LogP) is 1.26. The molecule has 3 N–H and O–H groups in total. The smallest absolute Gasteiger partial charge is 0.134 e. The molecule has 0 spiro atoms. The Hall–Kier alpha value is -1.36. The van der Waals surface area contributed by atoms with Crippen molar-refractivity contribution in [3.8, 4) is 0 Å². The van der Waals surface area contributed by atoms with E-state index in [1.54, 1.807) is 0 Å². The molecule has 5 nitrogen and oxygen atoms in total. The number of aliphatic hydroxyl groups is 1. The molecule has 0 aromatic carbocycles. The molecule has 0 aliphatic carbocycles. The second-order valence-corrected chi connectivity index (χ2v) is 4.62. The summed E-state index contributed by atoms with van der Waals surface area (Å²) in [7, 11) is 1.83. The molecule has 0 aliphatic heterocycles. The molecule has 1 aromatic heterocycles. The zero-order valence-corrected chi connectivity index (χ0v) is 10.3. The maximum atomic E-state index is 9.16. The molecule has 0 unspecified atom stereocenters. The van der Waals surface area contributed by atoms with Gasteiger partial charge in [-0.05, 0) is 6.92 Å². The third-order valence-corrected chi connectivity index (χ3v) is 2.48. The highest BCUT2D eigenvalue weighted by Gasteiger charge is 2.17. The van der Waals surface area contributed by atoms with Gasteiger partial charge in [0.1, 0.15) is 18.0 Å². The minimum atomic E-state index is -0.156. The lowest BCUT2D eigenvalue weighted by atomic mass is 9.95. The maximum Gasteiger partial charge on any atom is 0.134 e. The van der Waals surface area contributed by atoms with Gasteiger partial charge in [-0.15, -0.1) is 0 Å². The number of aliphatic hydroxyl groups excluding tert-OH is 1. The zero-order valence-electron chi connectivity index (χ0n) is 10.3. The van der Waals surface area contributed by atoms with Crippen LogP contribution in [-0.2, 0) is 0 Å². The van der Waals surface area contributed by atoms with Crippen LogP contribution in [0, 0.1) is 12.3 Å². The molecule has 0 amide bonds. The molecule has 0 atom stereocenters. The van der Waals surface area contributed by atoms with Crippen molar-refractivity contribution in [3.05, 3.63) is 11.9 Å². The molecule has 0 fully saturated rings. The molecule has 1 aromatic rings. The summed E-state index contributed by atoms with van der Waals surface area (Å²) in [4.78, 5) is 8.29. The Morgan fingerprint density at radius 2 is 1.94 bits per heavy atom. The average molecular weight is 224 g/mol. The maximum absolute atomic E-state index is 9.16. The lowest BCUT2D eigenvalue weighted by molar-refractivity contribution is 0.170. The highest BCUT2D eigenvalue weighted by molar-refractivity contribution is 5.56. The van der Waals surface area contributed by atoms with E-state index in [9.17, 15) is 0 Å². The van der Waals surface area contributed by atoms with Crippen LogP contribution in [0.25, 0.3) is 0 Å². The minimum absolute atomic E-state index is 0.142. The first kappa shape index (κ1) is 12.7. The predicted molar refractivity (Wildman–Crippen MR) is 65.7 cm³/mol. The second kappa shape index (κ2) is 5.12. The standard InChI is InChI=1S/C11H20N4O/c1-8-9(12-4)14-7-15-10(8)13-5-11(2,3)6-16/h7,16H,5-6H2,1-4H3,(H2,12,13,14,15). The fourth-order valence-corrected chi connectivity index (χ4v) is 1.26. The van der Waals surface area contributed by atoms with Crippen molar-refractivity contribution in [2.24, 2.45) is 5.41 Å². The quantitative estimate of drug-likeness (QED) is 0.702. The van der Waals surface area contributed by atoms with Crippen LogP contribution >= 0.6 is 0 Å². The van der Waals surface area contributed by atoms with Crippen molar-refractivity contribution >= 4 is 11.6 Å². The number of rotatable bonds is 5. The molecule has 1 heterocycles. The molecular formula is C11H20N4O. The number of nitrogens with zero attached hydrogens (tertiary/aromatic N) is 2. The fraction of sp³-hybridized carbons (Fsp3) is 0.636. The summed E-state index contributed by atoms with van der Waals surface area (Å²) in [5.41, 5.74) is 0.829. The van der Waals surface area contributed by atoms with E-state index in [4.69, 9.17) is 5.11 Å². The summed E-state index contributed by atoms with van der Waals surface area (Å²) >= 11 is 0. The topological polar surface area (TPSA) is 70.1 Å². The van der Waals surface area contributed by atoms with Gasteiger partial charge in [-0.25, -0.2) is 9.97 Å². The van der Waals surface area contributed by atoms with Crippen LogP contribution in [0.3, 0.4) is 0 Å². The summed E-state index contributed by atoms with van der Waals surface area (Å²) < 4.78 is 0. The van der Waals surface area contributed by atoms with Crippen molar-refractivity contribution in [2.45, 2.75) is 20.8 Å². The normalized spacial score (nSPS) is 11.3. The van der Waals surface area contributed by atoms with E-state index in [-0.39, 0.29) is 12.0 Å². The first-order chi connectivity index (χ1) is 7.50. The van der Waals surface area contributed by atoms with Crippen LogP contribution in [0.2, 0.25) is 0 Å². The monoisotopic (exact) mass is 224 g/mol. The van der Waals surface area contributed by atoms with Gasteiger partial charge in [0.05, 0.1) is 0 Å². The number of hydrogen-bond donors (Lipinski definition) is 3. The summed E-state index contributed by atoms with van der Waals surface area (Å²) in [5.74, 6) is 1.63. The summed E-state index contributed by atoms with van der Waals surface area (Å²) in [6, 6.07) is 0. The SMILES string of the molecule is CNc1ncnc(NCC(C)(C)CO)c1C. The number of nitrogens with one attached hydrogen (secondary N) is 2. The lowest BCUT2D eigenvalue weighted by Gasteiger charge is -2.23. The van der Waals surface area contributed by atoms with E-state index in [2.05, 4.69) is 20.6 Å². The van der Waals surface area contributed by atoms with E-state index in [0.717, 1.165) is 17.2 Å². The molecule has 90 valence electrons. The third-order valence-electron chi connectivity index (χ3n) is 2.48. The minimum Gasteiger partial charge on any atom is -0.396 e. The highest BCUT2D eigenvalue weighted by Crippen LogP contribution is 2.20. The van der Waals surface area contributed by atoms with E-state index >= 15 is 0 Å². The lowest BCUT2D eigenvalue weighted by Crippen LogP contribution is -2.27. The van der Waals surface area contributed by atoms with Gasteiger partial charge in [0.25, 0.3) is 0 Å². The van der Waals surface area contributed by atoms with Crippen LogP contribution in [0.1, 0.15) is 19.4 Å². The van der Waals surface area contributed by atoms with Gasteiger partial charge < -0.3 is 15.7 Å². The average Bonchev–Trinajstić information content (AvgIpc) is 2.28. The van der Waals surface area contributed by atoms with Crippen molar-refractivity contribution in [2.75, 3.05) is 30.8 Å². The third kappa shape index (κ3) is 3.06. The number of aromatic nitrogens is 2. The van der Waals surface area contributed by atoms with E-state index in [1.807, 2.05) is 27.8 Å². The van der Waals surface area contributed by atoms with Crippen molar-refractivity contribution in [1.82, 2.24) is 9.97 Å². The van der Waals surface area contributed by atoms with Crippen LogP contribution in [0.4, 0.5) is 11.6 Å². The molecule has 16 heavy (non-hydrogen) atoms. The van der Waals surface area contributed by atoms with Crippen molar-refractivity contribution in [1.29, 1.82) is 0 Å².